The molecule has 8 nitrogen and oxygen atoms in total. The first kappa shape index (κ1) is 22.7. The van der Waals surface area contributed by atoms with E-state index >= 15 is 0 Å². The summed E-state index contributed by atoms with van der Waals surface area (Å²) in [4.78, 5) is 49.9. The molecule has 5 rings (SSSR count). The number of nitrogens with one attached hydrogen (secondary N) is 2. The first-order valence-corrected chi connectivity index (χ1v) is 12.6. The fourth-order valence-electron chi connectivity index (χ4n) is 4.77. The van der Waals surface area contributed by atoms with Crippen LogP contribution in [0.25, 0.3) is 10.2 Å². The predicted octanol–water partition coefficient (Wildman–Crippen LogP) is 4.72. The number of amides is 3. The second-order valence-corrected chi connectivity index (χ2v) is 10.1. The van der Waals surface area contributed by atoms with E-state index in [1.54, 1.807) is 24.4 Å². The predicted molar refractivity (Wildman–Crippen MR) is 132 cm³/mol. The van der Waals surface area contributed by atoms with Gasteiger partial charge in [0.2, 0.25) is 11.8 Å². The van der Waals surface area contributed by atoms with Gasteiger partial charge in [0.25, 0.3) is 5.91 Å². The second kappa shape index (κ2) is 9.68. The highest BCUT2D eigenvalue weighted by molar-refractivity contribution is 7.21. The van der Waals surface area contributed by atoms with E-state index < -0.39 is 0 Å². The molecule has 0 unspecified atom stereocenters. The Hall–Kier alpha value is -3.04. The molecule has 0 aromatic carbocycles. The summed E-state index contributed by atoms with van der Waals surface area (Å²) < 4.78 is 0. The van der Waals surface area contributed by atoms with Crippen molar-refractivity contribution < 1.29 is 14.4 Å². The zero-order valence-electron chi connectivity index (χ0n) is 18.4. The summed E-state index contributed by atoms with van der Waals surface area (Å²) in [5, 5.41) is 6.99. The van der Waals surface area contributed by atoms with Crippen molar-refractivity contribution in [1.82, 2.24) is 14.9 Å². The molecule has 0 radical (unpaired) electrons. The van der Waals surface area contributed by atoms with Crippen LogP contribution in [0.3, 0.4) is 0 Å². The Bertz CT molecular complexity index is 1240. The Balaban J connectivity index is 1.32. The van der Waals surface area contributed by atoms with Gasteiger partial charge < -0.3 is 15.5 Å². The van der Waals surface area contributed by atoms with Gasteiger partial charge >= 0.3 is 0 Å². The highest BCUT2D eigenvalue weighted by atomic mass is 35.5. The lowest BCUT2D eigenvalue weighted by atomic mass is 9.84. The fraction of sp³-hybridized carbons (Fsp3) is 0.375. The number of hydrogen-bond donors (Lipinski definition) is 2. The average molecular weight is 498 g/mol. The van der Waals surface area contributed by atoms with Crippen molar-refractivity contribution in [2.24, 2.45) is 5.92 Å². The Morgan fingerprint density at radius 1 is 1.09 bits per heavy atom. The number of aromatic nitrogens is 2. The van der Waals surface area contributed by atoms with Crippen LogP contribution in [0.5, 0.6) is 0 Å². The molecule has 1 saturated heterocycles. The van der Waals surface area contributed by atoms with Gasteiger partial charge in [-0.2, -0.15) is 0 Å². The molecule has 0 spiro atoms. The summed E-state index contributed by atoms with van der Waals surface area (Å²) in [6.45, 7) is 0.829. The second-order valence-electron chi connectivity index (χ2n) is 8.66. The molecule has 2 aliphatic rings. The molecular weight excluding hydrogens is 474 g/mol. The minimum absolute atomic E-state index is 0.103. The molecule has 176 valence electrons. The van der Waals surface area contributed by atoms with Crippen LogP contribution in [-0.4, -0.2) is 45.2 Å². The van der Waals surface area contributed by atoms with Crippen LogP contribution in [-0.2, 0) is 9.59 Å². The van der Waals surface area contributed by atoms with Crippen LogP contribution < -0.4 is 10.6 Å². The maximum atomic E-state index is 13.2. The van der Waals surface area contributed by atoms with Gasteiger partial charge in [-0.15, -0.1) is 11.3 Å². The van der Waals surface area contributed by atoms with Crippen molar-refractivity contribution in [3.05, 3.63) is 46.6 Å². The minimum Gasteiger partial charge on any atom is -0.340 e. The number of thiophene rings is 1. The smallest absolute Gasteiger partial charge is 0.269 e. The maximum Gasteiger partial charge on any atom is 0.269 e. The molecule has 4 heterocycles. The van der Waals surface area contributed by atoms with Crippen molar-refractivity contribution in [1.29, 1.82) is 0 Å². The number of nitrogens with zero attached hydrogens (tertiary/aromatic N) is 3. The van der Waals surface area contributed by atoms with E-state index in [1.807, 2.05) is 11.0 Å². The summed E-state index contributed by atoms with van der Waals surface area (Å²) in [5.41, 5.74) is 0.474. The highest BCUT2D eigenvalue weighted by Gasteiger charge is 2.34. The summed E-state index contributed by atoms with van der Waals surface area (Å²) in [7, 11) is 0. The van der Waals surface area contributed by atoms with Crippen molar-refractivity contribution in [2.75, 3.05) is 17.2 Å². The fourth-order valence-corrected chi connectivity index (χ4v) is 5.87. The summed E-state index contributed by atoms with van der Waals surface area (Å²) in [6, 6.07) is 7.13. The van der Waals surface area contributed by atoms with Gasteiger partial charge in [0.15, 0.2) is 0 Å². The molecule has 34 heavy (non-hydrogen) atoms. The van der Waals surface area contributed by atoms with E-state index in [1.165, 1.54) is 17.5 Å². The molecule has 1 aliphatic heterocycles. The molecule has 2 fully saturated rings. The number of pyridine rings is 2. The van der Waals surface area contributed by atoms with E-state index in [-0.39, 0.29) is 29.7 Å². The lowest BCUT2D eigenvalue weighted by molar-refractivity contribution is -0.130. The Kier molecular flexibility index (Phi) is 6.47. The van der Waals surface area contributed by atoms with E-state index in [4.69, 9.17) is 11.6 Å². The summed E-state index contributed by atoms with van der Waals surface area (Å²) >= 11 is 7.10. The third kappa shape index (κ3) is 4.63. The van der Waals surface area contributed by atoms with Gasteiger partial charge in [0.05, 0.1) is 10.7 Å². The number of hydrogen-bond acceptors (Lipinski definition) is 6. The number of fused-ring (bicyclic) bond motifs is 1. The zero-order valence-corrected chi connectivity index (χ0v) is 20.0. The first-order chi connectivity index (χ1) is 16.5. The Labute approximate surface area is 205 Å². The molecule has 1 saturated carbocycles. The third-order valence-electron chi connectivity index (χ3n) is 6.51. The van der Waals surface area contributed by atoms with Gasteiger partial charge in [-0.05, 0) is 56.4 Å². The SMILES string of the molecule is O=C(Nc1ccc(Cl)cn1)c1sc2ncccc2c1NC(=O)[C@H]1CC[C@H](N2CCCC2=O)CC1. The lowest BCUT2D eigenvalue weighted by Crippen LogP contribution is -2.40. The molecule has 2 N–H and O–H groups in total. The van der Waals surface area contributed by atoms with Gasteiger partial charge in [-0.25, -0.2) is 9.97 Å². The third-order valence-corrected chi connectivity index (χ3v) is 7.84. The van der Waals surface area contributed by atoms with Crippen molar-refractivity contribution in [2.45, 2.75) is 44.6 Å². The molecule has 3 amide bonds. The van der Waals surface area contributed by atoms with Gasteiger partial charge in [0.1, 0.15) is 15.5 Å². The normalized spacial score (nSPS) is 20.5. The number of anilines is 2. The number of likely N-dealkylation sites (tertiary alicyclic amines) is 1. The molecule has 0 bridgehead atoms. The van der Waals surface area contributed by atoms with E-state index in [0.717, 1.165) is 44.0 Å². The molecule has 3 aromatic rings. The van der Waals surface area contributed by atoms with Gasteiger partial charge in [-0.1, -0.05) is 11.6 Å². The van der Waals surface area contributed by atoms with Crippen LogP contribution in [0.1, 0.15) is 48.2 Å². The van der Waals surface area contributed by atoms with Crippen LogP contribution >= 0.6 is 22.9 Å². The lowest BCUT2D eigenvalue weighted by Gasteiger charge is -2.34. The molecule has 0 atom stereocenters. The van der Waals surface area contributed by atoms with Crippen LogP contribution in [0.2, 0.25) is 5.02 Å². The molecule has 3 aromatic heterocycles. The number of halogens is 1. The van der Waals surface area contributed by atoms with E-state index in [2.05, 4.69) is 20.6 Å². The number of rotatable bonds is 5. The monoisotopic (exact) mass is 497 g/mol. The number of carbonyl (C=O) groups excluding carboxylic acids is 3. The van der Waals surface area contributed by atoms with Crippen molar-refractivity contribution in [3.8, 4) is 0 Å². The average Bonchev–Trinajstić information content (AvgIpc) is 3.44. The largest absolute Gasteiger partial charge is 0.340 e. The van der Waals surface area contributed by atoms with Crippen molar-refractivity contribution in [3.63, 3.8) is 0 Å². The highest BCUT2D eigenvalue weighted by Crippen LogP contribution is 2.37. The van der Waals surface area contributed by atoms with Gasteiger partial charge in [-0.3, -0.25) is 14.4 Å². The summed E-state index contributed by atoms with van der Waals surface area (Å²) in [5.74, 6) is -0.0323. The van der Waals surface area contributed by atoms with Gasteiger partial charge in [0, 0.05) is 42.7 Å². The van der Waals surface area contributed by atoms with E-state index in [0.29, 0.717) is 32.7 Å². The first-order valence-electron chi connectivity index (χ1n) is 11.4. The van der Waals surface area contributed by atoms with Crippen LogP contribution in [0.15, 0.2) is 36.7 Å². The summed E-state index contributed by atoms with van der Waals surface area (Å²) in [6.07, 6.45) is 7.77. The van der Waals surface area contributed by atoms with Crippen LogP contribution in [0, 0.1) is 5.92 Å². The standard InChI is InChI=1S/C24H24ClN5O3S/c25-15-7-10-18(27-13-15)28-23(33)21-20(17-3-1-11-26-24(17)34-21)29-22(32)14-5-8-16(9-6-14)30-12-2-4-19(30)31/h1,3,7,10-11,13-14,16H,2,4-6,8-9,12H2,(H,29,32)(H,27,28,33)/t14-,16-. The molecular formula is C24H24ClN5O3S. The van der Waals surface area contributed by atoms with E-state index in [9.17, 15) is 14.4 Å². The minimum atomic E-state index is -0.371. The number of carbonyl (C=O) groups is 3. The molecule has 1 aliphatic carbocycles. The quantitative estimate of drug-likeness (QED) is 0.531. The zero-order chi connectivity index (χ0) is 23.7. The Morgan fingerprint density at radius 3 is 2.62 bits per heavy atom. The molecule has 10 heteroatoms. The van der Waals surface area contributed by atoms with Crippen molar-refractivity contribution >= 4 is 62.4 Å². The topological polar surface area (TPSA) is 104 Å². The Morgan fingerprint density at radius 2 is 1.91 bits per heavy atom. The van der Waals surface area contributed by atoms with Crippen LogP contribution in [0.4, 0.5) is 11.5 Å². The maximum absolute atomic E-state index is 13.2.